The molecule has 0 radical (unpaired) electrons. The highest BCUT2D eigenvalue weighted by Crippen LogP contribution is 2.21. The number of rotatable bonds is 4. The summed E-state index contributed by atoms with van der Waals surface area (Å²) in [6.07, 6.45) is 3.11. The maximum atomic E-state index is 4.88. The normalized spacial score (nSPS) is 10.7. The molecule has 15 heavy (non-hydrogen) atoms. The number of hydrogen-bond donors (Lipinski definition) is 2. The minimum Gasteiger partial charge on any atom is -0.286 e. The molecule has 0 aliphatic heterocycles. The Hall–Kier alpha value is -0.460. The van der Waals surface area contributed by atoms with Crippen molar-refractivity contribution in [3.05, 3.63) is 31.4 Å². The van der Waals surface area contributed by atoms with Crippen LogP contribution in [0.5, 0.6) is 0 Å². The fourth-order valence-corrected chi connectivity index (χ4v) is 3.00. The van der Waals surface area contributed by atoms with Crippen LogP contribution in [0.25, 0.3) is 0 Å². The molecule has 2 heterocycles. The highest BCUT2D eigenvalue weighted by Gasteiger charge is 2.00. The van der Waals surface area contributed by atoms with Crippen molar-refractivity contribution < 1.29 is 0 Å². The molecule has 2 aromatic heterocycles. The Balaban J connectivity index is 1.82. The largest absolute Gasteiger partial charge is 0.286 e. The number of aromatic nitrogens is 3. The zero-order chi connectivity index (χ0) is 10.7. The van der Waals surface area contributed by atoms with E-state index in [1.807, 2.05) is 0 Å². The molecule has 0 unspecified atom stereocenters. The van der Waals surface area contributed by atoms with E-state index in [2.05, 4.69) is 42.6 Å². The summed E-state index contributed by atoms with van der Waals surface area (Å²) in [5.41, 5.74) is 0. The maximum absolute atomic E-state index is 4.88. The molecule has 0 aromatic carbocycles. The highest BCUT2D eigenvalue weighted by atomic mass is 79.9. The van der Waals surface area contributed by atoms with E-state index < -0.39 is 0 Å². The van der Waals surface area contributed by atoms with Crippen LogP contribution >= 0.6 is 39.5 Å². The minimum absolute atomic E-state index is 0.531. The van der Waals surface area contributed by atoms with Crippen molar-refractivity contribution in [3.8, 4) is 0 Å². The van der Waals surface area contributed by atoms with Crippen molar-refractivity contribution in [2.45, 2.75) is 19.3 Å². The van der Waals surface area contributed by atoms with Crippen molar-refractivity contribution in [3.63, 3.8) is 0 Å². The molecule has 0 aliphatic carbocycles. The van der Waals surface area contributed by atoms with Crippen molar-refractivity contribution in [2.75, 3.05) is 0 Å². The van der Waals surface area contributed by atoms with Crippen LogP contribution in [0, 0.1) is 4.77 Å². The Morgan fingerprint density at radius 1 is 1.40 bits per heavy atom. The molecule has 0 atom stereocenters. The van der Waals surface area contributed by atoms with Gasteiger partial charge in [-0.2, -0.15) is 0 Å². The molecule has 80 valence electrons. The third-order valence-electron chi connectivity index (χ3n) is 2.01. The topological polar surface area (TPSA) is 44.5 Å². The number of nitrogens with one attached hydrogen (secondary N) is 2. The van der Waals surface area contributed by atoms with Crippen LogP contribution in [0.4, 0.5) is 0 Å². The van der Waals surface area contributed by atoms with E-state index in [1.165, 1.54) is 9.35 Å². The maximum Gasteiger partial charge on any atom is 0.213 e. The first-order valence-corrected chi connectivity index (χ1v) is 6.68. The van der Waals surface area contributed by atoms with Crippen LogP contribution in [0.15, 0.2) is 15.9 Å². The standard InChI is InChI=1S/C9H10BrN3S2/c10-6-4-7(15-5-6)2-1-3-8-11-9(14)13-12-8/h4-5H,1-3H2,(H2,11,12,13,14). The van der Waals surface area contributed by atoms with Crippen molar-refractivity contribution in [1.29, 1.82) is 0 Å². The molecule has 0 saturated carbocycles. The van der Waals surface area contributed by atoms with E-state index in [0.29, 0.717) is 4.77 Å². The molecule has 0 spiro atoms. The summed E-state index contributed by atoms with van der Waals surface area (Å²) < 4.78 is 1.70. The second-order valence-corrected chi connectivity index (χ2v) is 5.50. The van der Waals surface area contributed by atoms with Crippen LogP contribution in [0.2, 0.25) is 0 Å². The van der Waals surface area contributed by atoms with Gasteiger partial charge in [0.1, 0.15) is 5.82 Å². The van der Waals surface area contributed by atoms with Gasteiger partial charge in [0.05, 0.1) is 0 Å². The van der Waals surface area contributed by atoms with Crippen molar-refractivity contribution in [1.82, 2.24) is 15.2 Å². The van der Waals surface area contributed by atoms with Gasteiger partial charge in [0, 0.05) is 21.2 Å². The molecule has 6 heteroatoms. The SMILES string of the molecule is S=c1nc(CCCc2cc(Br)cs2)[nH][nH]1. The fraction of sp³-hybridized carbons (Fsp3) is 0.333. The lowest BCUT2D eigenvalue weighted by Gasteiger charge is -1.94. The van der Waals surface area contributed by atoms with Crippen LogP contribution in [0.1, 0.15) is 17.1 Å². The first-order valence-electron chi connectivity index (χ1n) is 4.60. The molecule has 0 aliphatic rings. The second-order valence-electron chi connectivity index (χ2n) is 3.20. The van der Waals surface area contributed by atoms with Gasteiger partial charge in [-0.15, -0.1) is 11.3 Å². The van der Waals surface area contributed by atoms with E-state index in [1.54, 1.807) is 11.3 Å². The van der Waals surface area contributed by atoms with Gasteiger partial charge < -0.3 is 0 Å². The van der Waals surface area contributed by atoms with Crippen molar-refractivity contribution >= 4 is 39.5 Å². The van der Waals surface area contributed by atoms with Gasteiger partial charge in [0.2, 0.25) is 4.77 Å². The van der Waals surface area contributed by atoms with Gasteiger partial charge in [0.15, 0.2) is 0 Å². The van der Waals surface area contributed by atoms with E-state index in [-0.39, 0.29) is 0 Å². The smallest absolute Gasteiger partial charge is 0.213 e. The number of aromatic amines is 2. The molecule has 0 saturated heterocycles. The van der Waals surface area contributed by atoms with Crippen LogP contribution in [0.3, 0.4) is 0 Å². The number of aryl methyl sites for hydroxylation is 2. The van der Waals surface area contributed by atoms with Crippen LogP contribution in [-0.2, 0) is 12.8 Å². The summed E-state index contributed by atoms with van der Waals surface area (Å²) in [7, 11) is 0. The quantitative estimate of drug-likeness (QED) is 0.850. The monoisotopic (exact) mass is 303 g/mol. The highest BCUT2D eigenvalue weighted by molar-refractivity contribution is 9.10. The van der Waals surface area contributed by atoms with Crippen LogP contribution < -0.4 is 0 Å². The van der Waals surface area contributed by atoms with Gasteiger partial charge in [-0.3, -0.25) is 10.2 Å². The zero-order valence-electron chi connectivity index (χ0n) is 7.92. The average Bonchev–Trinajstić information content (AvgIpc) is 2.76. The lowest BCUT2D eigenvalue weighted by atomic mass is 10.2. The van der Waals surface area contributed by atoms with E-state index in [0.717, 1.165) is 25.1 Å². The summed E-state index contributed by atoms with van der Waals surface area (Å²) >= 11 is 10.1. The van der Waals surface area contributed by atoms with Crippen LogP contribution in [-0.4, -0.2) is 15.2 Å². The number of halogens is 1. The Kier molecular flexibility index (Phi) is 3.71. The average molecular weight is 304 g/mol. The Morgan fingerprint density at radius 3 is 2.87 bits per heavy atom. The van der Waals surface area contributed by atoms with Gasteiger partial charge in [-0.1, -0.05) is 0 Å². The number of hydrogen-bond acceptors (Lipinski definition) is 3. The molecule has 0 bridgehead atoms. The zero-order valence-corrected chi connectivity index (χ0v) is 11.1. The predicted molar refractivity (Wildman–Crippen MR) is 67.8 cm³/mol. The Morgan fingerprint density at radius 2 is 2.27 bits per heavy atom. The van der Waals surface area contributed by atoms with E-state index in [4.69, 9.17) is 12.2 Å². The second kappa shape index (κ2) is 5.05. The molecular weight excluding hydrogens is 294 g/mol. The van der Waals surface area contributed by atoms with Gasteiger partial charge >= 0.3 is 0 Å². The number of H-pyrrole nitrogens is 2. The summed E-state index contributed by atoms with van der Waals surface area (Å²) in [5, 5.41) is 7.85. The number of nitrogens with zero attached hydrogens (tertiary/aromatic N) is 1. The molecule has 0 amide bonds. The molecule has 2 rings (SSSR count). The Labute approximate surface area is 105 Å². The Bertz CT molecular complexity index is 485. The summed E-state index contributed by atoms with van der Waals surface area (Å²) in [4.78, 5) is 5.54. The van der Waals surface area contributed by atoms with E-state index in [9.17, 15) is 0 Å². The molecule has 2 N–H and O–H groups in total. The summed E-state index contributed by atoms with van der Waals surface area (Å²) in [6.45, 7) is 0. The molecule has 3 nitrogen and oxygen atoms in total. The predicted octanol–water partition coefficient (Wildman–Crippen LogP) is 3.47. The fourth-order valence-electron chi connectivity index (χ4n) is 1.34. The van der Waals surface area contributed by atoms with Gasteiger partial charge in [-0.05, 0) is 47.1 Å². The summed E-state index contributed by atoms with van der Waals surface area (Å²) in [6, 6.07) is 2.16. The third kappa shape index (κ3) is 3.25. The first-order chi connectivity index (χ1) is 7.24. The number of thiophene rings is 1. The van der Waals surface area contributed by atoms with E-state index >= 15 is 0 Å². The molecular formula is C9H10BrN3S2. The third-order valence-corrected chi connectivity index (χ3v) is 3.96. The summed E-state index contributed by atoms with van der Waals surface area (Å²) in [5.74, 6) is 0.940. The first kappa shape index (κ1) is 11.0. The van der Waals surface area contributed by atoms with Gasteiger partial charge in [0.25, 0.3) is 0 Å². The lowest BCUT2D eigenvalue weighted by Crippen LogP contribution is -1.90. The lowest BCUT2D eigenvalue weighted by molar-refractivity contribution is 0.782. The molecule has 2 aromatic rings. The minimum atomic E-state index is 0.531. The molecule has 0 fully saturated rings. The van der Waals surface area contributed by atoms with Gasteiger partial charge in [-0.25, -0.2) is 4.98 Å². The van der Waals surface area contributed by atoms with Crippen molar-refractivity contribution in [2.24, 2.45) is 0 Å².